The number of unbranched alkanes of at least 4 members (excludes halogenated alkanes) is 2. The lowest BCUT2D eigenvalue weighted by atomic mass is 9.79. The van der Waals surface area contributed by atoms with Gasteiger partial charge in [-0.2, -0.15) is 0 Å². The summed E-state index contributed by atoms with van der Waals surface area (Å²) in [4.78, 5) is 22.7. The van der Waals surface area contributed by atoms with Gasteiger partial charge in [-0.3, -0.25) is 4.79 Å². The molecule has 0 spiro atoms. The van der Waals surface area contributed by atoms with Gasteiger partial charge in [0.1, 0.15) is 6.61 Å². The minimum absolute atomic E-state index is 0.194. The van der Waals surface area contributed by atoms with Crippen LogP contribution in [0.3, 0.4) is 0 Å². The fourth-order valence-corrected chi connectivity index (χ4v) is 3.44. The molecule has 0 bridgehead atoms. The Bertz CT molecular complexity index is 617. The molecule has 5 unspecified atom stereocenters. The number of rotatable bonds is 10. The van der Waals surface area contributed by atoms with Gasteiger partial charge in [0.05, 0.1) is 11.7 Å². The molecule has 1 N–H and O–H groups in total. The lowest BCUT2D eigenvalue weighted by Gasteiger charge is -2.43. The highest BCUT2D eigenvalue weighted by molar-refractivity contribution is 5.89. The van der Waals surface area contributed by atoms with Crippen molar-refractivity contribution in [2.24, 2.45) is 17.8 Å². The number of carbonyl (C=O) groups is 2. The third kappa shape index (κ3) is 6.60. The second-order valence-corrected chi connectivity index (χ2v) is 7.66. The fourth-order valence-electron chi connectivity index (χ4n) is 3.44. The van der Waals surface area contributed by atoms with Crippen molar-refractivity contribution in [2.75, 3.05) is 13.2 Å². The van der Waals surface area contributed by atoms with Crippen LogP contribution in [-0.2, 0) is 19.0 Å². The van der Waals surface area contributed by atoms with E-state index in [1.807, 2.05) is 6.07 Å². The number of esters is 1. The predicted octanol–water partition coefficient (Wildman–Crippen LogP) is 4.14. The number of carbonyl (C=O) groups excluding carboxylic acids is 1. The molecule has 6 nitrogen and oxygen atoms in total. The van der Waals surface area contributed by atoms with E-state index in [1.54, 1.807) is 24.3 Å². The van der Waals surface area contributed by atoms with Gasteiger partial charge >= 0.3 is 11.9 Å². The Hall–Kier alpha value is -1.92. The maximum atomic E-state index is 12.2. The van der Waals surface area contributed by atoms with Crippen molar-refractivity contribution < 1.29 is 28.9 Å². The molecule has 0 radical (unpaired) electrons. The van der Waals surface area contributed by atoms with Gasteiger partial charge in [0, 0.05) is 18.9 Å². The number of carboxylic acids is 1. The minimum atomic E-state index is -0.763. The minimum Gasteiger partial charge on any atom is -0.481 e. The van der Waals surface area contributed by atoms with E-state index >= 15 is 0 Å². The summed E-state index contributed by atoms with van der Waals surface area (Å²) in [5.74, 6) is -0.269. The molecule has 1 aliphatic heterocycles. The summed E-state index contributed by atoms with van der Waals surface area (Å²) in [6.45, 7) is 7.14. The molecule has 1 fully saturated rings. The van der Waals surface area contributed by atoms with Gasteiger partial charge in [-0.25, -0.2) is 4.79 Å². The summed E-state index contributed by atoms with van der Waals surface area (Å²) in [6.07, 6.45) is 1.92. The molecule has 0 aromatic heterocycles. The largest absolute Gasteiger partial charge is 0.481 e. The van der Waals surface area contributed by atoms with Crippen LogP contribution in [0.4, 0.5) is 0 Å². The second-order valence-electron chi connectivity index (χ2n) is 7.66. The first-order valence-electron chi connectivity index (χ1n) is 10.1. The van der Waals surface area contributed by atoms with Crippen LogP contribution >= 0.6 is 0 Å². The average Bonchev–Trinajstić information content (AvgIpc) is 2.69. The molecule has 0 aliphatic carbocycles. The molecule has 5 atom stereocenters. The molecular weight excluding hydrogens is 360 g/mol. The van der Waals surface area contributed by atoms with E-state index in [2.05, 4.69) is 20.8 Å². The topological polar surface area (TPSA) is 82.1 Å². The Labute approximate surface area is 167 Å². The second kappa shape index (κ2) is 11.2. The van der Waals surface area contributed by atoms with Crippen LogP contribution in [0.5, 0.6) is 0 Å². The zero-order valence-corrected chi connectivity index (χ0v) is 17.0. The monoisotopic (exact) mass is 392 g/mol. The van der Waals surface area contributed by atoms with Crippen LogP contribution in [0, 0.1) is 17.8 Å². The number of carboxylic acid groups (broad SMARTS) is 1. The highest BCUT2D eigenvalue weighted by Gasteiger charge is 2.40. The molecule has 6 heteroatoms. The highest BCUT2D eigenvalue weighted by atomic mass is 16.7. The third-order valence-electron chi connectivity index (χ3n) is 5.69. The van der Waals surface area contributed by atoms with Crippen LogP contribution < -0.4 is 0 Å². The number of hydrogen-bond donors (Lipinski definition) is 1. The van der Waals surface area contributed by atoms with Crippen LogP contribution in [0.1, 0.15) is 56.8 Å². The number of aliphatic carboxylic acids is 1. The number of hydrogen-bond acceptors (Lipinski definition) is 5. The van der Waals surface area contributed by atoms with Crippen molar-refractivity contribution in [3.05, 3.63) is 35.9 Å². The summed E-state index contributed by atoms with van der Waals surface area (Å²) < 4.78 is 17.5. The van der Waals surface area contributed by atoms with Crippen LogP contribution in [0.15, 0.2) is 30.3 Å². The van der Waals surface area contributed by atoms with Crippen molar-refractivity contribution in [3.63, 3.8) is 0 Å². The smallest absolute Gasteiger partial charge is 0.338 e. The molecular formula is C22H32O6. The van der Waals surface area contributed by atoms with Crippen molar-refractivity contribution in [2.45, 2.75) is 58.8 Å². The van der Waals surface area contributed by atoms with E-state index < -0.39 is 5.97 Å². The molecule has 1 aliphatic rings. The Balaban J connectivity index is 1.80. The summed E-state index contributed by atoms with van der Waals surface area (Å²) in [5.41, 5.74) is 0.529. The summed E-state index contributed by atoms with van der Waals surface area (Å²) in [6, 6.07) is 8.93. The van der Waals surface area contributed by atoms with E-state index in [4.69, 9.17) is 19.3 Å². The van der Waals surface area contributed by atoms with E-state index in [1.165, 1.54) is 0 Å². The van der Waals surface area contributed by atoms with Crippen LogP contribution in [0.25, 0.3) is 0 Å². The van der Waals surface area contributed by atoms with Crippen molar-refractivity contribution in [1.82, 2.24) is 0 Å². The normalized spacial score (nSPS) is 27.3. The molecule has 28 heavy (non-hydrogen) atoms. The van der Waals surface area contributed by atoms with Crippen LogP contribution in [0.2, 0.25) is 0 Å². The van der Waals surface area contributed by atoms with Gasteiger partial charge in [0.2, 0.25) is 0 Å². The Kier molecular flexibility index (Phi) is 8.93. The summed E-state index contributed by atoms with van der Waals surface area (Å²) >= 11 is 0. The maximum Gasteiger partial charge on any atom is 0.338 e. The fraction of sp³-hybridized carbons (Fsp3) is 0.636. The molecule has 1 aromatic carbocycles. The molecule has 0 saturated carbocycles. The molecule has 1 heterocycles. The van der Waals surface area contributed by atoms with Gasteiger partial charge in [0.15, 0.2) is 6.29 Å². The first kappa shape index (κ1) is 22.4. The maximum absolute atomic E-state index is 12.2. The summed E-state index contributed by atoms with van der Waals surface area (Å²) in [5, 5.41) is 8.67. The van der Waals surface area contributed by atoms with Crippen molar-refractivity contribution in [3.8, 4) is 0 Å². The zero-order valence-electron chi connectivity index (χ0n) is 17.0. The molecule has 1 aromatic rings. The molecule has 1 saturated heterocycles. The van der Waals surface area contributed by atoms with Gasteiger partial charge in [-0.05, 0) is 36.8 Å². The van der Waals surface area contributed by atoms with E-state index in [0.29, 0.717) is 24.5 Å². The number of benzene rings is 1. The van der Waals surface area contributed by atoms with Crippen LogP contribution in [-0.4, -0.2) is 42.7 Å². The summed E-state index contributed by atoms with van der Waals surface area (Å²) in [7, 11) is 0. The predicted molar refractivity (Wildman–Crippen MR) is 105 cm³/mol. The van der Waals surface area contributed by atoms with Gasteiger partial charge in [-0.15, -0.1) is 0 Å². The van der Waals surface area contributed by atoms with Gasteiger partial charge in [-0.1, -0.05) is 45.4 Å². The zero-order chi connectivity index (χ0) is 20.5. The average molecular weight is 392 g/mol. The first-order valence-corrected chi connectivity index (χ1v) is 10.1. The van der Waals surface area contributed by atoms with E-state index in [-0.39, 0.29) is 43.2 Å². The van der Waals surface area contributed by atoms with E-state index in [0.717, 1.165) is 12.8 Å². The van der Waals surface area contributed by atoms with Crippen molar-refractivity contribution in [1.29, 1.82) is 0 Å². The lowest BCUT2D eigenvalue weighted by molar-refractivity contribution is -0.254. The van der Waals surface area contributed by atoms with Gasteiger partial charge < -0.3 is 19.3 Å². The van der Waals surface area contributed by atoms with Crippen molar-refractivity contribution >= 4 is 11.9 Å². The first-order chi connectivity index (χ1) is 13.4. The van der Waals surface area contributed by atoms with Gasteiger partial charge in [0.25, 0.3) is 0 Å². The highest BCUT2D eigenvalue weighted by Crippen LogP contribution is 2.35. The Morgan fingerprint density at radius 3 is 2.39 bits per heavy atom. The SMILES string of the molecule is CC1C(COC(=O)c2ccccc2)OC(OCCCCCC(=O)O)C(C)C1C. The Morgan fingerprint density at radius 2 is 1.71 bits per heavy atom. The Morgan fingerprint density at radius 1 is 1.00 bits per heavy atom. The van der Waals surface area contributed by atoms with E-state index in [9.17, 15) is 9.59 Å². The molecule has 0 amide bonds. The quantitative estimate of drug-likeness (QED) is 0.476. The standard InChI is InChI=1S/C22H32O6/c1-15-16(2)19(14-27-21(25)18-10-6-4-7-11-18)28-22(17(15)3)26-13-9-5-8-12-20(23)24/h4,6-7,10-11,15-17,19,22H,5,8-9,12-14H2,1-3H3,(H,23,24). The lowest BCUT2D eigenvalue weighted by Crippen LogP contribution is -2.48. The molecule has 2 rings (SSSR count). The molecule has 156 valence electrons. The number of ether oxygens (including phenoxy) is 3. The third-order valence-corrected chi connectivity index (χ3v) is 5.69.